The average molecular weight is 403 g/mol. The maximum atomic E-state index is 13.4. The summed E-state index contributed by atoms with van der Waals surface area (Å²) < 4.78 is 6.55. The van der Waals surface area contributed by atoms with Gasteiger partial charge in [0.2, 0.25) is 0 Å². The molecule has 0 N–H and O–H groups in total. The predicted molar refractivity (Wildman–Crippen MR) is 125 cm³/mol. The normalized spacial score (nSPS) is 11.9. The van der Waals surface area contributed by atoms with Gasteiger partial charge in [-0.15, -0.1) is 0 Å². The van der Waals surface area contributed by atoms with Gasteiger partial charge in [0, 0.05) is 5.57 Å². The van der Waals surface area contributed by atoms with Crippen LogP contribution in [0.4, 0.5) is 0 Å². The molecule has 0 fully saturated rings. The molecule has 0 amide bonds. The zero-order chi connectivity index (χ0) is 20.5. The molecule has 3 aromatic carbocycles. The van der Waals surface area contributed by atoms with Crippen LogP contribution in [0.3, 0.4) is 0 Å². The summed E-state index contributed by atoms with van der Waals surface area (Å²) in [4.78, 5) is 13.4. The minimum Gasteiger partial charge on any atom is -0.292 e. The molecule has 148 valence electrons. The maximum Gasteiger partial charge on any atom is 0.378 e. The van der Waals surface area contributed by atoms with E-state index < -0.39 is 7.49 Å². The highest BCUT2D eigenvalue weighted by atomic mass is 31.2. The fraction of sp³-hybridized carbons (Fsp3) is 0.192. The van der Waals surface area contributed by atoms with Gasteiger partial charge in [0.15, 0.2) is 0 Å². The van der Waals surface area contributed by atoms with E-state index in [1.807, 2.05) is 67.6 Å². The molecule has 0 aliphatic carbocycles. The van der Waals surface area contributed by atoms with E-state index in [4.69, 9.17) is 4.52 Å². The first-order valence-electron chi connectivity index (χ1n) is 10.2. The van der Waals surface area contributed by atoms with Crippen molar-refractivity contribution in [2.75, 3.05) is 0 Å². The summed E-state index contributed by atoms with van der Waals surface area (Å²) in [5.74, 6) is -0.217. The Morgan fingerprint density at radius 2 is 1.21 bits per heavy atom. The highest BCUT2D eigenvalue weighted by Crippen LogP contribution is 2.57. The lowest BCUT2D eigenvalue weighted by atomic mass is 10.1. The highest BCUT2D eigenvalue weighted by molar-refractivity contribution is 7.92. The summed E-state index contributed by atoms with van der Waals surface area (Å²) in [6, 6.07) is 30.5. The monoisotopic (exact) mass is 403 g/mol. The number of carbonyl (C=O) groups is 1. The van der Waals surface area contributed by atoms with Crippen LogP contribution in [0.15, 0.2) is 103 Å². The van der Waals surface area contributed by atoms with Crippen LogP contribution in [-0.4, -0.2) is 5.97 Å². The van der Waals surface area contributed by atoms with E-state index in [1.54, 1.807) is 0 Å². The van der Waals surface area contributed by atoms with E-state index in [2.05, 4.69) is 43.3 Å². The molecule has 0 aliphatic heterocycles. The molecule has 29 heavy (non-hydrogen) atoms. The third kappa shape index (κ3) is 4.66. The van der Waals surface area contributed by atoms with Crippen molar-refractivity contribution >= 4 is 29.4 Å². The first kappa shape index (κ1) is 21.0. The summed E-state index contributed by atoms with van der Waals surface area (Å²) in [5, 5.41) is 3.12. The molecule has 0 atom stereocenters. The van der Waals surface area contributed by atoms with E-state index in [0.29, 0.717) is 0 Å². The van der Waals surface area contributed by atoms with Crippen molar-refractivity contribution in [1.29, 1.82) is 0 Å². The zero-order valence-electron chi connectivity index (χ0n) is 17.1. The quantitative estimate of drug-likeness (QED) is 0.363. The minimum absolute atomic E-state index is 0.217. The van der Waals surface area contributed by atoms with Crippen molar-refractivity contribution in [3.8, 4) is 0 Å². The molecular formula is C26H28O2P+. The van der Waals surface area contributed by atoms with Gasteiger partial charge in [-0.1, -0.05) is 74.0 Å². The van der Waals surface area contributed by atoms with Crippen LogP contribution in [0.1, 0.15) is 33.1 Å². The van der Waals surface area contributed by atoms with Gasteiger partial charge in [-0.05, 0) is 56.2 Å². The Hall–Kier alpha value is -2.70. The van der Waals surface area contributed by atoms with Crippen molar-refractivity contribution in [2.24, 2.45) is 0 Å². The Labute approximate surface area is 174 Å². The largest absolute Gasteiger partial charge is 0.378 e. The van der Waals surface area contributed by atoms with Gasteiger partial charge in [0.25, 0.3) is 7.49 Å². The van der Waals surface area contributed by atoms with Crippen LogP contribution in [0.25, 0.3) is 0 Å². The number of carbonyl (C=O) groups excluding carboxylic acids is 1. The molecule has 0 unspecified atom stereocenters. The van der Waals surface area contributed by atoms with E-state index >= 15 is 0 Å². The molecule has 0 aliphatic rings. The summed E-state index contributed by atoms with van der Waals surface area (Å²) in [5.41, 5.74) is 0.749. The molecule has 0 saturated heterocycles. The van der Waals surface area contributed by atoms with Gasteiger partial charge in [-0.3, -0.25) is 4.52 Å². The lowest BCUT2D eigenvalue weighted by Crippen LogP contribution is -2.34. The first-order valence-corrected chi connectivity index (χ1v) is 11.9. The van der Waals surface area contributed by atoms with Gasteiger partial charge in [-0.25, -0.2) is 4.79 Å². The van der Waals surface area contributed by atoms with Crippen LogP contribution >= 0.6 is 7.49 Å². The van der Waals surface area contributed by atoms with E-state index in [-0.39, 0.29) is 5.97 Å². The number of allylic oxidation sites excluding steroid dienone is 1. The molecule has 3 aromatic rings. The van der Waals surface area contributed by atoms with Crippen molar-refractivity contribution in [1.82, 2.24) is 0 Å². The Kier molecular flexibility index (Phi) is 7.38. The molecular weight excluding hydrogens is 375 g/mol. The lowest BCUT2D eigenvalue weighted by Gasteiger charge is -2.25. The second-order valence-electron chi connectivity index (χ2n) is 6.91. The third-order valence-electron chi connectivity index (χ3n) is 4.99. The van der Waals surface area contributed by atoms with E-state index in [9.17, 15) is 4.79 Å². The van der Waals surface area contributed by atoms with Gasteiger partial charge < -0.3 is 0 Å². The summed E-state index contributed by atoms with van der Waals surface area (Å²) in [6.07, 6.45) is 4.65. The standard InChI is InChI=1S/C26H28O2P/c1-3-5-15-22(4-2)26(27)28-29(23-16-9-6-10-17-23,24-18-11-7-12-19-24)25-20-13-8-14-21-25/h4,6-14,16-21H,3,5,15H2,1-2H3/q+1. The van der Waals surface area contributed by atoms with Gasteiger partial charge in [-0.2, -0.15) is 0 Å². The molecule has 2 nitrogen and oxygen atoms in total. The predicted octanol–water partition coefficient (Wildman–Crippen LogP) is 5.58. The van der Waals surface area contributed by atoms with Crippen molar-refractivity contribution < 1.29 is 9.32 Å². The summed E-state index contributed by atoms with van der Waals surface area (Å²) in [6.45, 7) is 4.05. The van der Waals surface area contributed by atoms with Crippen LogP contribution in [0.5, 0.6) is 0 Å². The molecule has 0 heterocycles. The minimum atomic E-state index is -2.60. The van der Waals surface area contributed by atoms with Crippen LogP contribution in [0, 0.1) is 0 Å². The second kappa shape index (κ2) is 10.2. The number of hydrogen-bond donors (Lipinski definition) is 0. The maximum absolute atomic E-state index is 13.4. The first-order chi connectivity index (χ1) is 14.2. The van der Waals surface area contributed by atoms with Crippen LogP contribution < -0.4 is 15.9 Å². The fourth-order valence-electron chi connectivity index (χ4n) is 3.43. The van der Waals surface area contributed by atoms with Crippen molar-refractivity contribution in [2.45, 2.75) is 33.1 Å². The smallest absolute Gasteiger partial charge is 0.292 e. The fourth-order valence-corrected chi connectivity index (χ4v) is 6.79. The SMILES string of the molecule is CC=C(CCCC)C(=O)O[P+](c1ccccc1)(c1ccccc1)c1ccccc1. The van der Waals surface area contributed by atoms with Gasteiger partial charge in [0.1, 0.15) is 15.9 Å². The second-order valence-corrected chi connectivity index (χ2v) is 9.86. The summed E-state index contributed by atoms with van der Waals surface area (Å²) >= 11 is 0. The summed E-state index contributed by atoms with van der Waals surface area (Å²) in [7, 11) is -2.60. The average Bonchev–Trinajstić information content (AvgIpc) is 2.80. The Morgan fingerprint density at radius 1 is 0.793 bits per heavy atom. The molecule has 0 saturated carbocycles. The Bertz CT molecular complexity index is 838. The zero-order valence-corrected chi connectivity index (χ0v) is 18.0. The molecule has 3 heteroatoms. The number of hydrogen-bond acceptors (Lipinski definition) is 2. The number of rotatable bonds is 8. The number of benzene rings is 3. The van der Waals surface area contributed by atoms with E-state index in [0.717, 1.165) is 40.7 Å². The molecule has 0 radical (unpaired) electrons. The van der Waals surface area contributed by atoms with Crippen LogP contribution in [0.2, 0.25) is 0 Å². The van der Waals surface area contributed by atoms with Gasteiger partial charge >= 0.3 is 5.97 Å². The van der Waals surface area contributed by atoms with Crippen molar-refractivity contribution in [3.63, 3.8) is 0 Å². The number of unbranched alkanes of at least 4 members (excludes halogenated alkanes) is 1. The Balaban J connectivity index is 2.19. The van der Waals surface area contributed by atoms with Crippen molar-refractivity contribution in [3.05, 3.63) is 103 Å². The topological polar surface area (TPSA) is 26.3 Å². The molecule has 3 rings (SSSR count). The van der Waals surface area contributed by atoms with Crippen LogP contribution in [-0.2, 0) is 9.32 Å². The lowest BCUT2D eigenvalue weighted by molar-refractivity contribution is -0.129. The van der Waals surface area contributed by atoms with Gasteiger partial charge in [0.05, 0.1) is 0 Å². The molecule has 0 spiro atoms. The Morgan fingerprint density at radius 3 is 1.55 bits per heavy atom. The molecule has 0 aromatic heterocycles. The third-order valence-corrected chi connectivity index (χ3v) is 8.51. The highest BCUT2D eigenvalue weighted by Gasteiger charge is 2.51. The molecule has 0 bridgehead atoms. The van der Waals surface area contributed by atoms with E-state index in [1.165, 1.54) is 0 Å².